The summed E-state index contributed by atoms with van der Waals surface area (Å²) in [4.78, 5) is 19.0. The van der Waals surface area contributed by atoms with Crippen molar-refractivity contribution in [3.63, 3.8) is 0 Å². The van der Waals surface area contributed by atoms with Crippen LogP contribution >= 0.6 is 0 Å². The Morgan fingerprint density at radius 2 is 1.94 bits per heavy atom. The SMILES string of the molecule is C/C=C(\N=c1\ccc(N(CCCCC)CC(C)C)cn1C=O)c1ccc(OC)cc1OC. The number of benzene rings is 1. The number of pyridine rings is 1. The van der Waals surface area contributed by atoms with Gasteiger partial charge in [-0.15, -0.1) is 0 Å². The molecule has 0 saturated carbocycles. The van der Waals surface area contributed by atoms with Gasteiger partial charge >= 0.3 is 0 Å². The van der Waals surface area contributed by atoms with Gasteiger partial charge in [0.2, 0.25) is 6.41 Å². The normalized spacial score (nSPS) is 12.2. The van der Waals surface area contributed by atoms with Crippen LogP contribution in [-0.2, 0) is 4.79 Å². The van der Waals surface area contributed by atoms with E-state index in [9.17, 15) is 4.79 Å². The molecule has 6 nitrogen and oxygen atoms in total. The molecule has 0 bridgehead atoms. The van der Waals surface area contributed by atoms with Gasteiger partial charge < -0.3 is 14.4 Å². The molecule has 0 aliphatic carbocycles. The van der Waals surface area contributed by atoms with Crippen molar-refractivity contribution in [1.29, 1.82) is 0 Å². The van der Waals surface area contributed by atoms with Crippen LogP contribution in [0.2, 0.25) is 0 Å². The van der Waals surface area contributed by atoms with Crippen LogP contribution in [0.25, 0.3) is 5.70 Å². The number of unbranched alkanes of at least 4 members (excludes halogenated alkanes) is 2. The van der Waals surface area contributed by atoms with E-state index in [0.29, 0.717) is 22.9 Å². The number of ether oxygens (including phenoxy) is 2. The minimum atomic E-state index is 0.530. The minimum absolute atomic E-state index is 0.530. The van der Waals surface area contributed by atoms with Gasteiger partial charge in [-0.2, -0.15) is 0 Å². The first-order chi connectivity index (χ1) is 15.5. The lowest BCUT2D eigenvalue weighted by Gasteiger charge is -2.27. The fraction of sp³-hybridized carbons (Fsp3) is 0.462. The van der Waals surface area contributed by atoms with Gasteiger partial charge in [0.25, 0.3) is 0 Å². The molecule has 2 aromatic rings. The number of allylic oxidation sites excluding steroid dienone is 1. The number of hydrogen-bond acceptors (Lipinski definition) is 5. The summed E-state index contributed by atoms with van der Waals surface area (Å²) in [5, 5.41) is 0. The molecular formula is C26H37N3O3. The van der Waals surface area contributed by atoms with E-state index in [-0.39, 0.29) is 0 Å². The fourth-order valence-corrected chi connectivity index (χ4v) is 3.60. The lowest BCUT2D eigenvalue weighted by Crippen LogP contribution is -2.30. The molecule has 2 rings (SSSR count). The molecule has 0 saturated heterocycles. The zero-order chi connectivity index (χ0) is 23.5. The van der Waals surface area contributed by atoms with E-state index in [4.69, 9.17) is 14.5 Å². The maximum atomic E-state index is 11.9. The molecule has 0 fully saturated rings. The molecule has 0 spiro atoms. The zero-order valence-corrected chi connectivity index (χ0v) is 20.3. The average molecular weight is 440 g/mol. The van der Waals surface area contributed by atoms with Crippen LogP contribution in [-0.4, -0.2) is 38.3 Å². The Kier molecular flexibility index (Phi) is 10.1. The number of rotatable bonds is 12. The second-order valence-electron chi connectivity index (χ2n) is 8.16. The first-order valence-corrected chi connectivity index (χ1v) is 11.3. The second kappa shape index (κ2) is 12.7. The number of carbonyl (C=O) groups excluding carboxylic acids is 1. The third kappa shape index (κ3) is 6.74. The molecule has 0 amide bonds. The van der Waals surface area contributed by atoms with Crippen LogP contribution in [0.5, 0.6) is 11.5 Å². The molecule has 0 aliphatic heterocycles. The van der Waals surface area contributed by atoms with E-state index >= 15 is 0 Å². The Hall–Kier alpha value is -3.02. The van der Waals surface area contributed by atoms with Gasteiger partial charge in [0, 0.05) is 30.9 Å². The topological polar surface area (TPSA) is 56.1 Å². The molecule has 6 heteroatoms. The molecule has 174 valence electrons. The van der Waals surface area contributed by atoms with Gasteiger partial charge in [0.15, 0.2) is 0 Å². The maximum absolute atomic E-state index is 11.9. The van der Waals surface area contributed by atoms with Gasteiger partial charge in [-0.05, 0) is 43.5 Å². The van der Waals surface area contributed by atoms with Crippen molar-refractivity contribution in [3.8, 4) is 11.5 Å². The molecular weight excluding hydrogens is 402 g/mol. The van der Waals surface area contributed by atoms with E-state index in [0.717, 1.165) is 42.9 Å². The smallest absolute Gasteiger partial charge is 0.219 e. The zero-order valence-electron chi connectivity index (χ0n) is 20.3. The van der Waals surface area contributed by atoms with Crippen molar-refractivity contribution in [1.82, 2.24) is 4.57 Å². The minimum Gasteiger partial charge on any atom is -0.497 e. The van der Waals surface area contributed by atoms with Gasteiger partial charge in [0.05, 0.1) is 25.6 Å². The van der Waals surface area contributed by atoms with E-state index < -0.39 is 0 Å². The Balaban J connectivity index is 2.45. The second-order valence-corrected chi connectivity index (χ2v) is 8.16. The van der Waals surface area contributed by atoms with Crippen molar-refractivity contribution >= 4 is 17.8 Å². The fourth-order valence-electron chi connectivity index (χ4n) is 3.60. The highest BCUT2D eigenvalue weighted by atomic mass is 16.5. The highest BCUT2D eigenvalue weighted by Crippen LogP contribution is 2.30. The molecule has 1 aromatic carbocycles. The maximum Gasteiger partial charge on any atom is 0.219 e. The van der Waals surface area contributed by atoms with Gasteiger partial charge in [-0.25, -0.2) is 4.99 Å². The molecule has 0 radical (unpaired) electrons. The summed E-state index contributed by atoms with van der Waals surface area (Å²) in [7, 11) is 3.24. The number of hydrogen-bond donors (Lipinski definition) is 0. The van der Waals surface area contributed by atoms with Crippen LogP contribution in [0.4, 0.5) is 5.69 Å². The first-order valence-electron chi connectivity index (χ1n) is 11.3. The summed E-state index contributed by atoms with van der Waals surface area (Å²) in [5.41, 5.74) is 3.14. The van der Waals surface area contributed by atoms with Crippen molar-refractivity contribution in [2.45, 2.75) is 47.0 Å². The molecule has 32 heavy (non-hydrogen) atoms. The molecule has 0 unspecified atom stereocenters. The van der Waals surface area contributed by atoms with Crippen LogP contribution in [0.3, 0.4) is 0 Å². The Morgan fingerprint density at radius 1 is 1.16 bits per heavy atom. The third-order valence-electron chi connectivity index (χ3n) is 5.23. The molecule has 1 heterocycles. The predicted octanol–water partition coefficient (Wildman–Crippen LogP) is 5.16. The van der Waals surface area contributed by atoms with Gasteiger partial charge in [-0.1, -0.05) is 39.7 Å². The quantitative estimate of drug-likeness (QED) is 0.339. The number of nitrogens with zero attached hydrogens (tertiary/aromatic N) is 3. The van der Waals surface area contributed by atoms with E-state index in [1.165, 1.54) is 12.8 Å². The number of anilines is 1. The van der Waals surface area contributed by atoms with Crippen molar-refractivity contribution in [3.05, 3.63) is 53.7 Å². The molecule has 0 atom stereocenters. The summed E-state index contributed by atoms with van der Waals surface area (Å²) < 4.78 is 12.4. The van der Waals surface area contributed by atoms with Gasteiger partial charge in [0.1, 0.15) is 17.0 Å². The lowest BCUT2D eigenvalue weighted by molar-refractivity contribution is 0.393. The number of aromatic nitrogens is 1. The first kappa shape index (κ1) is 25.2. The third-order valence-corrected chi connectivity index (χ3v) is 5.23. The largest absolute Gasteiger partial charge is 0.497 e. The van der Waals surface area contributed by atoms with Crippen molar-refractivity contribution in [2.24, 2.45) is 10.9 Å². The van der Waals surface area contributed by atoms with E-state index in [1.54, 1.807) is 18.8 Å². The summed E-state index contributed by atoms with van der Waals surface area (Å²) in [6, 6.07) is 9.55. The highest BCUT2D eigenvalue weighted by molar-refractivity contribution is 5.70. The van der Waals surface area contributed by atoms with Crippen LogP contribution < -0.4 is 19.9 Å². The summed E-state index contributed by atoms with van der Waals surface area (Å²) >= 11 is 0. The molecule has 1 aromatic heterocycles. The van der Waals surface area contributed by atoms with E-state index in [1.807, 2.05) is 49.5 Å². The summed E-state index contributed by atoms with van der Waals surface area (Å²) in [6.07, 6.45) is 8.10. The standard InChI is InChI=1S/C26H37N3O3/c1-7-9-10-15-28(17-20(3)4)21-11-14-26(29(18-21)19-30)27-24(8-2)23-13-12-22(31-5)16-25(23)32-6/h8,11-14,16,18-20H,7,9-10,15,17H2,1-6H3/b24-8-,27-26-. The molecule has 0 N–H and O–H groups in total. The Labute approximate surface area is 192 Å². The number of methoxy groups -OCH3 is 2. The summed E-state index contributed by atoms with van der Waals surface area (Å²) in [6.45, 7) is 10.5. The molecule has 0 aliphatic rings. The monoisotopic (exact) mass is 439 g/mol. The average Bonchev–Trinajstić information content (AvgIpc) is 2.81. The van der Waals surface area contributed by atoms with Crippen molar-refractivity contribution < 1.29 is 14.3 Å². The lowest BCUT2D eigenvalue weighted by atomic mass is 10.1. The predicted molar refractivity (Wildman–Crippen MR) is 132 cm³/mol. The van der Waals surface area contributed by atoms with Crippen molar-refractivity contribution in [2.75, 3.05) is 32.2 Å². The summed E-state index contributed by atoms with van der Waals surface area (Å²) in [5.74, 6) is 1.90. The van der Waals surface area contributed by atoms with Crippen LogP contribution in [0, 0.1) is 5.92 Å². The highest BCUT2D eigenvalue weighted by Gasteiger charge is 2.12. The van der Waals surface area contributed by atoms with E-state index in [2.05, 4.69) is 25.7 Å². The Bertz CT molecular complexity index is 977. The van der Waals surface area contributed by atoms with Crippen LogP contribution in [0.1, 0.15) is 52.5 Å². The number of carbonyl (C=O) groups is 1. The van der Waals surface area contributed by atoms with Crippen LogP contribution in [0.15, 0.2) is 47.6 Å². The Morgan fingerprint density at radius 3 is 2.53 bits per heavy atom. The van der Waals surface area contributed by atoms with Gasteiger partial charge in [-0.3, -0.25) is 9.36 Å².